The van der Waals surface area contributed by atoms with Crippen molar-refractivity contribution in [2.45, 2.75) is 71.0 Å². The van der Waals surface area contributed by atoms with E-state index in [0.29, 0.717) is 12.8 Å². The number of aliphatic carboxylic acids is 1. The summed E-state index contributed by atoms with van der Waals surface area (Å²) in [7, 11) is 0. The first kappa shape index (κ1) is 23.6. The van der Waals surface area contributed by atoms with Gasteiger partial charge < -0.3 is 30.0 Å². The Kier molecular flexibility index (Phi) is 6.87. The normalized spacial score (nSPS) is 49.5. The monoisotopic (exact) mass is 392 g/mol. The van der Waals surface area contributed by atoms with Gasteiger partial charge in [0.1, 0.15) is 0 Å². The van der Waals surface area contributed by atoms with Crippen molar-refractivity contribution < 1.29 is 59.5 Å². The SMILES string of the molecule is C[C@@H]1CCC2[C@](C)(CO)[C@@H](O)CC[C@]2(C)[C@@]12C[C@](CO)(CC(=O)[O-])CO2.[Na+]. The van der Waals surface area contributed by atoms with Crippen LogP contribution in [0.5, 0.6) is 0 Å². The minimum absolute atomic E-state index is 0. The van der Waals surface area contributed by atoms with Crippen LogP contribution in [0.25, 0.3) is 0 Å². The van der Waals surface area contributed by atoms with Crippen LogP contribution in [0.3, 0.4) is 0 Å². The third kappa shape index (κ3) is 3.33. The zero-order valence-corrected chi connectivity index (χ0v) is 19.2. The van der Waals surface area contributed by atoms with Crippen LogP contribution in [0.15, 0.2) is 0 Å². The Bertz CT molecular complexity index is 573. The summed E-state index contributed by atoms with van der Waals surface area (Å²) in [5.74, 6) is -0.862. The molecule has 0 aromatic rings. The van der Waals surface area contributed by atoms with Gasteiger partial charge in [-0.05, 0) is 50.4 Å². The summed E-state index contributed by atoms with van der Waals surface area (Å²) in [6.07, 6.45) is 2.89. The molecule has 1 spiro atoms. The molecule has 2 aliphatic carbocycles. The summed E-state index contributed by atoms with van der Waals surface area (Å²) >= 11 is 0. The van der Waals surface area contributed by atoms with Gasteiger partial charge in [0.05, 0.1) is 31.5 Å². The van der Waals surface area contributed by atoms with E-state index in [1.54, 1.807) is 0 Å². The van der Waals surface area contributed by atoms with Crippen LogP contribution in [0.1, 0.15) is 59.3 Å². The number of hydrogen-bond donors (Lipinski definition) is 3. The fourth-order valence-electron chi connectivity index (χ4n) is 6.69. The van der Waals surface area contributed by atoms with Crippen LogP contribution in [0.2, 0.25) is 0 Å². The second-order valence-electron chi connectivity index (χ2n) is 9.73. The molecule has 0 aromatic carbocycles. The van der Waals surface area contributed by atoms with Gasteiger partial charge >= 0.3 is 29.6 Å². The average Bonchev–Trinajstić information content (AvgIpc) is 2.98. The molecule has 1 unspecified atom stereocenters. The van der Waals surface area contributed by atoms with E-state index in [-0.39, 0.29) is 73.0 Å². The van der Waals surface area contributed by atoms with Crippen molar-refractivity contribution >= 4 is 5.97 Å². The maximum Gasteiger partial charge on any atom is 1.00 e. The van der Waals surface area contributed by atoms with E-state index in [1.807, 2.05) is 6.92 Å². The Labute approximate surface area is 184 Å². The second-order valence-corrected chi connectivity index (χ2v) is 9.73. The molecule has 150 valence electrons. The van der Waals surface area contributed by atoms with Gasteiger partial charge in [-0.3, -0.25) is 0 Å². The number of aliphatic hydroxyl groups excluding tert-OH is 3. The van der Waals surface area contributed by atoms with Crippen molar-refractivity contribution in [2.75, 3.05) is 19.8 Å². The van der Waals surface area contributed by atoms with E-state index in [9.17, 15) is 25.2 Å². The molecule has 7 atom stereocenters. The smallest absolute Gasteiger partial charge is 0.550 e. The molecule has 3 N–H and O–H groups in total. The van der Waals surface area contributed by atoms with Gasteiger partial charge in [0.2, 0.25) is 0 Å². The molecule has 1 aliphatic heterocycles. The Hall–Kier alpha value is 0.310. The molecule has 0 bridgehead atoms. The summed E-state index contributed by atoms with van der Waals surface area (Å²) < 4.78 is 6.43. The fourth-order valence-corrected chi connectivity index (χ4v) is 6.69. The van der Waals surface area contributed by atoms with Crippen molar-refractivity contribution in [1.82, 2.24) is 0 Å². The molecule has 6 nitrogen and oxygen atoms in total. The van der Waals surface area contributed by atoms with Crippen LogP contribution in [-0.2, 0) is 9.53 Å². The molecule has 7 heteroatoms. The van der Waals surface area contributed by atoms with Gasteiger partial charge in [0.15, 0.2) is 0 Å². The van der Waals surface area contributed by atoms with Gasteiger partial charge in [0.25, 0.3) is 0 Å². The van der Waals surface area contributed by atoms with E-state index in [2.05, 4.69) is 13.8 Å². The maximum absolute atomic E-state index is 11.3. The van der Waals surface area contributed by atoms with Gasteiger partial charge in [-0.15, -0.1) is 0 Å². The van der Waals surface area contributed by atoms with Crippen LogP contribution in [0.4, 0.5) is 0 Å². The number of aliphatic hydroxyl groups is 3. The number of carboxylic acids is 1. The Morgan fingerprint density at radius 3 is 2.41 bits per heavy atom. The standard InChI is InChI=1S/C20H34O6.Na/c1-13-4-5-14-17(2,10-21)15(23)6-7-18(14,3)20(13)9-19(11-22,12-26-20)8-16(24)25;/h13-15,21-23H,4-12H2,1-3H3,(H,24,25);/q;+1/p-1/t13-,14?,15+,17+,18+,19+,20-;/m1./s1. The molecule has 1 heterocycles. The predicted molar refractivity (Wildman–Crippen MR) is 92.9 cm³/mol. The van der Waals surface area contributed by atoms with E-state index in [4.69, 9.17) is 4.74 Å². The van der Waals surface area contributed by atoms with Crippen molar-refractivity contribution in [3.8, 4) is 0 Å². The number of rotatable bonds is 4. The van der Waals surface area contributed by atoms with Gasteiger partial charge in [0, 0.05) is 22.2 Å². The first-order valence-corrected chi connectivity index (χ1v) is 9.83. The van der Waals surface area contributed by atoms with E-state index < -0.39 is 28.5 Å². The van der Waals surface area contributed by atoms with Crippen molar-refractivity contribution in [1.29, 1.82) is 0 Å². The van der Waals surface area contributed by atoms with E-state index >= 15 is 0 Å². The number of carbonyl (C=O) groups is 1. The zero-order valence-electron chi connectivity index (χ0n) is 17.2. The average molecular weight is 392 g/mol. The Morgan fingerprint density at radius 1 is 1.19 bits per heavy atom. The van der Waals surface area contributed by atoms with Crippen LogP contribution in [-0.4, -0.2) is 52.8 Å². The topological polar surface area (TPSA) is 110 Å². The molecule has 0 amide bonds. The number of fused-ring (bicyclic) bond motifs is 2. The van der Waals surface area contributed by atoms with Crippen molar-refractivity contribution in [2.24, 2.45) is 28.1 Å². The van der Waals surface area contributed by atoms with Crippen molar-refractivity contribution in [3.63, 3.8) is 0 Å². The zero-order chi connectivity index (χ0) is 19.4. The van der Waals surface area contributed by atoms with Crippen LogP contribution < -0.4 is 34.7 Å². The molecule has 0 aromatic heterocycles. The van der Waals surface area contributed by atoms with E-state index in [1.165, 1.54) is 0 Å². The summed E-state index contributed by atoms with van der Waals surface area (Å²) in [5.41, 5.74) is -2.25. The minimum Gasteiger partial charge on any atom is -0.550 e. The number of carbonyl (C=O) groups excluding carboxylic acids is 1. The van der Waals surface area contributed by atoms with Crippen LogP contribution >= 0.6 is 0 Å². The summed E-state index contributed by atoms with van der Waals surface area (Å²) in [6.45, 7) is 6.18. The largest absolute Gasteiger partial charge is 1.00 e. The molecular formula is C20H33NaO6. The molecule has 1 saturated heterocycles. The van der Waals surface area contributed by atoms with Crippen LogP contribution in [0, 0.1) is 28.1 Å². The number of carboxylic acid groups (broad SMARTS) is 1. The van der Waals surface area contributed by atoms with Gasteiger partial charge in [-0.2, -0.15) is 0 Å². The van der Waals surface area contributed by atoms with Crippen molar-refractivity contribution in [3.05, 3.63) is 0 Å². The fraction of sp³-hybridized carbons (Fsp3) is 0.950. The predicted octanol–water partition coefficient (Wildman–Crippen LogP) is -2.53. The molecule has 2 saturated carbocycles. The molecule has 0 radical (unpaired) electrons. The number of ether oxygens (including phenoxy) is 1. The Balaban J connectivity index is 0.00000261. The third-order valence-electron chi connectivity index (χ3n) is 8.38. The molecule has 27 heavy (non-hydrogen) atoms. The summed E-state index contributed by atoms with van der Waals surface area (Å²) in [5, 5.41) is 42.0. The molecule has 3 rings (SSSR count). The second kappa shape index (κ2) is 7.86. The Morgan fingerprint density at radius 2 is 1.85 bits per heavy atom. The van der Waals surface area contributed by atoms with Gasteiger partial charge in [-0.1, -0.05) is 20.8 Å². The number of hydrogen-bond acceptors (Lipinski definition) is 6. The molecule has 3 aliphatic rings. The van der Waals surface area contributed by atoms with E-state index in [0.717, 1.165) is 19.3 Å². The molecular weight excluding hydrogens is 359 g/mol. The summed E-state index contributed by atoms with van der Waals surface area (Å²) in [6, 6.07) is 0. The first-order valence-electron chi connectivity index (χ1n) is 9.83. The first-order chi connectivity index (χ1) is 12.1. The maximum atomic E-state index is 11.3. The third-order valence-corrected chi connectivity index (χ3v) is 8.38. The van der Waals surface area contributed by atoms with Gasteiger partial charge in [-0.25, -0.2) is 0 Å². The summed E-state index contributed by atoms with van der Waals surface area (Å²) in [4.78, 5) is 11.3. The minimum atomic E-state index is -1.16. The quantitative estimate of drug-likeness (QED) is 0.456. The molecule has 3 fully saturated rings.